The van der Waals surface area contributed by atoms with Crippen LogP contribution < -0.4 is 5.73 Å². The molecule has 0 aliphatic heterocycles. The number of nitrogens with zero attached hydrogens (tertiary/aromatic N) is 3. The Bertz CT molecular complexity index is 626. The number of aromatic nitrogens is 3. The van der Waals surface area contributed by atoms with Gasteiger partial charge in [-0.25, -0.2) is 9.50 Å². The molecule has 2 N–H and O–H groups in total. The molecule has 4 nitrogen and oxygen atoms in total. The van der Waals surface area contributed by atoms with E-state index in [0.29, 0.717) is 11.4 Å². The van der Waals surface area contributed by atoms with Crippen LogP contribution in [0.1, 0.15) is 49.3 Å². The lowest BCUT2D eigenvalue weighted by atomic mass is 9.86. The second kappa shape index (κ2) is 4.64. The molecule has 2 heterocycles. The van der Waals surface area contributed by atoms with Crippen LogP contribution in [0.25, 0.3) is 5.65 Å². The van der Waals surface area contributed by atoms with Gasteiger partial charge < -0.3 is 5.73 Å². The molecule has 0 radical (unpaired) electrons. The van der Waals surface area contributed by atoms with Crippen molar-refractivity contribution in [3.05, 3.63) is 23.7 Å². The van der Waals surface area contributed by atoms with Crippen LogP contribution in [0.4, 0.5) is 18.9 Å². The summed E-state index contributed by atoms with van der Waals surface area (Å²) >= 11 is 0. The maximum absolute atomic E-state index is 12.9. The first kappa shape index (κ1) is 13.2. The molecular weight excluding hydrogens is 269 g/mol. The maximum atomic E-state index is 12.9. The Balaban J connectivity index is 2.16. The van der Waals surface area contributed by atoms with Gasteiger partial charge in [0, 0.05) is 5.92 Å². The van der Waals surface area contributed by atoms with Crippen LogP contribution >= 0.6 is 0 Å². The summed E-state index contributed by atoms with van der Waals surface area (Å²) in [7, 11) is 0. The Morgan fingerprint density at radius 3 is 2.50 bits per heavy atom. The van der Waals surface area contributed by atoms with Gasteiger partial charge in [-0.3, -0.25) is 0 Å². The molecule has 2 aromatic heterocycles. The summed E-state index contributed by atoms with van der Waals surface area (Å²) in [5.41, 5.74) is 6.05. The molecule has 0 atom stereocenters. The minimum atomic E-state index is -4.45. The maximum Gasteiger partial charge on any atom is 0.421 e. The lowest BCUT2D eigenvalue weighted by Crippen LogP contribution is -2.14. The van der Waals surface area contributed by atoms with E-state index in [1.807, 2.05) is 0 Å². The van der Waals surface area contributed by atoms with Crippen molar-refractivity contribution in [1.29, 1.82) is 0 Å². The van der Waals surface area contributed by atoms with E-state index in [1.165, 1.54) is 10.7 Å². The van der Waals surface area contributed by atoms with E-state index in [-0.39, 0.29) is 11.6 Å². The van der Waals surface area contributed by atoms with E-state index in [9.17, 15) is 13.2 Å². The summed E-state index contributed by atoms with van der Waals surface area (Å²) in [6.07, 6.45) is 2.87. The third kappa shape index (κ3) is 2.10. The molecule has 1 fully saturated rings. The standard InChI is InChI=1S/C13H15F3N4/c14-13(15,16)9-6-19-20-11(8-4-2-1-3-5-8)10(17)7-18-12(9)20/h6-8H,1-5,17H2. The number of hydrogen-bond donors (Lipinski definition) is 1. The molecule has 2 aromatic rings. The van der Waals surface area contributed by atoms with E-state index in [1.54, 1.807) is 0 Å². The fourth-order valence-electron chi connectivity index (χ4n) is 2.95. The van der Waals surface area contributed by atoms with E-state index in [0.717, 1.165) is 38.3 Å². The van der Waals surface area contributed by atoms with Gasteiger partial charge in [-0.05, 0) is 12.8 Å². The lowest BCUT2D eigenvalue weighted by molar-refractivity contribution is -0.136. The molecule has 0 bridgehead atoms. The van der Waals surface area contributed by atoms with Gasteiger partial charge in [-0.2, -0.15) is 18.3 Å². The molecule has 0 unspecified atom stereocenters. The van der Waals surface area contributed by atoms with Gasteiger partial charge in [-0.15, -0.1) is 0 Å². The summed E-state index contributed by atoms with van der Waals surface area (Å²) in [6, 6.07) is 0. The van der Waals surface area contributed by atoms with Crippen LogP contribution in [0.2, 0.25) is 0 Å². The molecule has 3 rings (SSSR count). The number of alkyl halides is 3. The zero-order valence-electron chi connectivity index (χ0n) is 10.8. The average molecular weight is 284 g/mol. The van der Waals surface area contributed by atoms with Crippen molar-refractivity contribution in [2.75, 3.05) is 5.73 Å². The Hall–Kier alpha value is -1.79. The minimum Gasteiger partial charge on any atom is -0.396 e. The van der Waals surface area contributed by atoms with Crippen molar-refractivity contribution in [3.63, 3.8) is 0 Å². The van der Waals surface area contributed by atoms with Crippen LogP contribution in [0.15, 0.2) is 12.4 Å². The Morgan fingerprint density at radius 1 is 1.15 bits per heavy atom. The zero-order valence-corrected chi connectivity index (χ0v) is 10.8. The first-order chi connectivity index (χ1) is 9.48. The third-order valence-corrected chi connectivity index (χ3v) is 3.89. The van der Waals surface area contributed by atoms with Crippen molar-refractivity contribution in [3.8, 4) is 0 Å². The second-order valence-corrected chi connectivity index (χ2v) is 5.23. The van der Waals surface area contributed by atoms with Crippen molar-refractivity contribution < 1.29 is 13.2 Å². The summed E-state index contributed by atoms with van der Waals surface area (Å²) in [6.45, 7) is 0. The third-order valence-electron chi connectivity index (χ3n) is 3.89. The van der Waals surface area contributed by atoms with E-state index in [4.69, 9.17) is 5.73 Å². The summed E-state index contributed by atoms with van der Waals surface area (Å²) < 4.78 is 40.0. The fraction of sp³-hybridized carbons (Fsp3) is 0.538. The van der Waals surface area contributed by atoms with Crippen LogP contribution in [-0.4, -0.2) is 14.6 Å². The summed E-state index contributed by atoms with van der Waals surface area (Å²) in [5.74, 6) is 0.162. The van der Waals surface area contributed by atoms with Gasteiger partial charge in [0.15, 0.2) is 5.65 Å². The number of hydrogen-bond acceptors (Lipinski definition) is 3. The quantitative estimate of drug-likeness (QED) is 0.873. The predicted molar refractivity (Wildman–Crippen MR) is 68.2 cm³/mol. The monoisotopic (exact) mass is 284 g/mol. The molecule has 108 valence electrons. The highest BCUT2D eigenvalue weighted by atomic mass is 19.4. The summed E-state index contributed by atoms with van der Waals surface area (Å²) in [4.78, 5) is 3.82. The predicted octanol–water partition coefficient (Wildman–Crippen LogP) is 3.38. The van der Waals surface area contributed by atoms with Gasteiger partial charge in [0.05, 0.1) is 23.8 Å². The molecule has 20 heavy (non-hydrogen) atoms. The average Bonchev–Trinajstić information content (AvgIpc) is 2.83. The topological polar surface area (TPSA) is 56.2 Å². The fourth-order valence-corrected chi connectivity index (χ4v) is 2.95. The molecule has 7 heteroatoms. The zero-order chi connectivity index (χ0) is 14.3. The molecule has 0 amide bonds. The van der Waals surface area contributed by atoms with Crippen LogP contribution in [0.3, 0.4) is 0 Å². The Morgan fingerprint density at radius 2 is 1.85 bits per heavy atom. The molecule has 1 aliphatic carbocycles. The molecule has 0 saturated heterocycles. The van der Waals surface area contributed by atoms with Crippen LogP contribution in [0, 0.1) is 0 Å². The van der Waals surface area contributed by atoms with Crippen molar-refractivity contribution in [1.82, 2.24) is 14.6 Å². The van der Waals surface area contributed by atoms with Crippen molar-refractivity contribution in [2.45, 2.75) is 44.2 Å². The number of rotatable bonds is 1. The smallest absolute Gasteiger partial charge is 0.396 e. The van der Waals surface area contributed by atoms with E-state index in [2.05, 4.69) is 10.1 Å². The highest BCUT2D eigenvalue weighted by molar-refractivity contribution is 5.55. The van der Waals surface area contributed by atoms with Crippen LogP contribution in [0.5, 0.6) is 0 Å². The van der Waals surface area contributed by atoms with E-state index < -0.39 is 11.7 Å². The number of fused-ring (bicyclic) bond motifs is 1. The second-order valence-electron chi connectivity index (χ2n) is 5.23. The van der Waals surface area contributed by atoms with Gasteiger partial charge >= 0.3 is 6.18 Å². The van der Waals surface area contributed by atoms with Gasteiger partial charge in [0.25, 0.3) is 0 Å². The normalized spacial score (nSPS) is 17.8. The molecule has 0 spiro atoms. The number of nitrogen functional groups attached to an aromatic ring is 1. The largest absolute Gasteiger partial charge is 0.421 e. The first-order valence-corrected chi connectivity index (χ1v) is 6.68. The van der Waals surface area contributed by atoms with Crippen molar-refractivity contribution >= 4 is 11.3 Å². The van der Waals surface area contributed by atoms with E-state index >= 15 is 0 Å². The molecule has 1 saturated carbocycles. The lowest BCUT2D eigenvalue weighted by Gasteiger charge is -2.23. The SMILES string of the molecule is Nc1cnc2c(C(F)(F)F)cnn2c1C1CCCCC1. The number of nitrogens with two attached hydrogens (primary N) is 1. The highest BCUT2D eigenvalue weighted by Crippen LogP contribution is 2.37. The van der Waals surface area contributed by atoms with Gasteiger partial charge in [0.1, 0.15) is 5.56 Å². The van der Waals surface area contributed by atoms with Gasteiger partial charge in [-0.1, -0.05) is 19.3 Å². The highest BCUT2D eigenvalue weighted by Gasteiger charge is 2.36. The minimum absolute atomic E-state index is 0.160. The molecule has 0 aromatic carbocycles. The van der Waals surface area contributed by atoms with Gasteiger partial charge in [0.2, 0.25) is 0 Å². The first-order valence-electron chi connectivity index (χ1n) is 6.68. The van der Waals surface area contributed by atoms with Crippen LogP contribution in [-0.2, 0) is 6.18 Å². The Labute approximate surface area is 113 Å². The molecule has 1 aliphatic rings. The number of anilines is 1. The number of halogens is 3. The summed E-state index contributed by atoms with van der Waals surface area (Å²) in [5, 5.41) is 3.88. The molecular formula is C13H15F3N4. The Kier molecular flexibility index (Phi) is 3.07. The van der Waals surface area contributed by atoms with Crippen molar-refractivity contribution in [2.24, 2.45) is 0 Å².